The number of hydrogen-bond acceptors (Lipinski definition) is 8. The zero-order chi connectivity index (χ0) is 25.8. The Morgan fingerprint density at radius 1 is 0.914 bits per heavy atom. The second-order valence-electron chi connectivity index (χ2n) is 8.43. The van der Waals surface area contributed by atoms with E-state index in [1.165, 1.54) is 47.3 Å². The number of likely N-dealkylation sites (N-methyl/N-ethyl adjacent to an activating group) is 1. The van der Waals surface area contributed by atoms with Gasteiger partial charge in [-0.25, -0.2) is 0 Å². The molecule has 0 radical (unpaired) electrons. The van der Waals surface area contributed by atoms with Crippen molar-refractivity contribution in [2.45, 2.75) is 27.7 Å². The molecule has 2 aliphatic rings. The van der Waals surface area contributed by atoms with E-state index in [0.29, 0.717) is 6.92 Å². The Morgan fingerprint density at radius 3 is 2.11 bits per heavy atom. The average molecular weight is 564 g/mol. The van der Waals surface area contributed by atoms with Gasteiger partial charge >= 0.3 is 0 Å². The molecule has 13 heteroatoms. The number of benzene rings is 2. The van der Waals surface area contributed by atoms with E-state index in [9.17, 15) is 16.8 Å². The number of fused-ring (bicyclic) bond motifs is 2. The number of hydrogen-bond donors (Lipinski definition) is 2. The Balaban J connectivity index is 0.000000292. The molecule has 4 rings (SSSR count). The number of nitrogens with zero attached hydrogens (tertiary/aromatic N) is 3. The molecule has 35 heavy (non-hydrogen) atoms. The molecule has 0 saturated carbocycles. The third kappa shape index (κ3) is 7.80. The van der Waals surface area contributed by atoms with Crippen LogP contribution < -0.4 is 4.90 Å². The fourth-order valence-electron chi connectivity index (χ4n) is 3.72. The second-order valence-corrected chi connectivity index (χ2v) is 13.7. The van der Waals surface area contributed by atoms with Gasteiger partial charge in [0.1, 0.15) is 0 Å². The van der Waals surface area contributed by atoms with Gasteiger partial charge in [0.2, 0.25) is 4.58 Å². The molecule has 194 valence electrons. The Morgan fingerprint density at radius 2 is 1.51 bits per heavy atom. The topological polar surface area (TPSA) is 118 Å². The van der Waals surface area contributed by atoms with Crippen LogP contribution in [0.25, 0.3) is 0 Å². The summed E-state index contributed by atoms with van der Waals surface area (Å²) in [7, 11) is -7.19. The molecule has 2 heterocycles. The summed E-state index contributed by atoms with van der Waals surface area (Å²) in [6.07, 6.45) is 1.16. The lowest BCUT2D eigenvalue weighted by atomic mass is 10.2. The Labute approximate surface area is 216 Å². The van der Waals surface area contributed by atoms with Crippen molar-refractivity contribution >= 4 is 55.0 Å². The molecule has 0 bridgehead atoms. The number of piperazine rings is 1. The second kappa shape index (κ2) is 11.8. The smallest absolute Gasteiger partial charge is 0.284 e. The first-order valence-electron chi connectivity index (χ1n) is 11.0. The van der Waals surface area contributed by atoms with Crippen molar-refractivity contribution in [3.05, 3.63) is 47.5 Å². The van der Waals surface area contributed by atoms with Crippen LogP contribution in [-0.2, 0) is 20.2 Å². The van der Waals surface area contributed by atoms with Crippen LogP contribution >= 0.6 is 23.4 Å². The van der Waals surface area contributed by atoms with Crippen LogP contribution in [-0.4, -0.2) is 86.6 Å². The first-order chi connectivity index (χ1) is 16.4. The first-order valence-corrected chi connectivity index (χ1v) is 15.2. The van der Waals surface area contributed by atoms with Gasteiger partial charge in [-0.2, -0.15) is 16.8 Å². The van der Waals surface area contributed by atoms with Crippen LogP contribution in [0, 0.1) is 0 Å². The minimum absolute atomic E-state index is 0.657. The van der Waals surface area contributed by atoms with Crippen LogP contribution in [0.3, 0.4) is 0 Å². The molecular weight excluding hydrogens is 534 g/mol. The third-order valence-electron chi connectivity index (χ3n) is 5.88. The van der Waals surface area contributed by atoms with Gasteiger partial charge in [0.25, 0.3) is 20.2 Å². The molecule has 1 fully saturated rings. The summed E-state index contributed by atoms with van der Waals surface area (Å²) in [5, 5.41) is 0.808. The van der Waals surface area contributed by atoms with Gasteiger partial charge in [-0.1, -0.05) is 35.5 Å². The predicted octanol–water partition coefficient (Wildman–Crippen LogP) is 3.69. The van der Waals surface area contributed by atoms with Crippen LogP contribution in [0.15, 0.2) is 52.3 Å². The van der Waals surface area contributed by atoms with Gasteiger partial charge in [0.15, 0.2) is 0 Å². The van der Waals surface area contributed by atoms with Gasteiger partial charge in [0.05, 0.1) is 11.4 Å². The minimum Gasteiger partial charge on any atom is -0.340 e. The number of rotatable bonds is 6. The maximum atomic E-state index is 9.99. The van der Waals surface area contributed by atoms with Gasteiger partial charge in [-0.05, 0) is 57.3 Å². The van der Waals surface area contributed by atoms with Crippen LogP contribution in [0.5, 0.6) is 0 Å². The summed E-state index contributed by atoms with van der Waals surface area (Å²) in [6.45, 7) is 7.58. The highest BCUT2D eigenvalue weighted by molar-refractivity contribution is 8.03. The summed E-state index contributed by atoms with van der Waals surface area (Å²) in [5.74, 6) is 0. The largest absolute Gasteiger partial charge is 0.340 e. The van der Waals surface area contributed by atoms with Crippen molar-refractivity contribution in [3.8, 4) is 0 Å². The van der Waals surface area contributed by atoms with Crippen LogP contribution in [0.2, 0.25) is 5.02 Å². The fraction of sp³-hybridized carbons (Fsp3) is 0.455. The summed E-state index contributed by atoms with van der Waals surface area (Å²) in [5.41, 5.74) is 2.55. The number of halogens is 1. The highest BCUT2D eigenvalue weighted by atomic mass is 35.5. The van der Waals surface area contributed by atoms with E-state index in [0.717, 1.165) is 24.5 Å². The van der Waals surface area contributed by atoms with E-state index in [1.54, 1.807) is 0 Å². The molecule has 2 aromatic rings. The summed E-state index contributed by atoms with van der Waals surface area (Å²) in [4.78, 5) is 10.1. The van der Waals surface area contributed by atoms with Crippen molar-refractivity contribution in [2.24, 2.45) is 0 Å². The molecule has 0 spiro atoms. The molecule has 0 amide bonds. The Bertz CT molecular complexity index is 1200. The quantitative estimate of drug-likeness (QED) is 0.504. The fourth-order valence-corrected chi connectivity index (χ4v) is 6.19. The van der Waals surface area contributed by atoms with E-state index in [-0.39, 0.29) is 0 Å². The standard InChI is InChI=1S/C20H24ClN3S.C2H6O6S2/c1-22-11-13-23(14-12-22)9-4-10-24-17-5-2-3-6-19(17)25-20-8-7-16(21)15-18(20)24;1-2(9(3,4)5)10(6,7)8/h2-3,5-8,15H,4,9-14H2,1H3;2H,1H3,(H,3,4,5)(H,6,7,8). The zero-order valence-electron chi connectivity index (χ0n) is 19.5. The molecule has 2 N–H and O–H groups in total. The van der Waals surface area contributed by atoms with E-state index in [1.807, 2.05) is 17.8 Å². The van der Waals surface area contributed by atoms with Crippen molar-refractivity contribution < 1.29 is 25.9 Å². The van der Waals surface area contributed by atoms with Crippen LogP contribution in [0.1, 0.15) is 13.3 Å². The van der Waals surface area contributed by atoms with Crippen molar-refractivity contribution in [1.29, 1.82) is 0 Å². The SMILES string of the molecule is CC(S(=O)(=O)O)S(=O)(=O)O.CN1CCN(CCCN2c3ccccc3Sc3ccc(Cl)cc32)CC1. The predicted molar refractivity (Wildman–Crippen MR) is 140 cm³/mol. The molecule has 2 aromatic carbocycles. The Hall–Kier alpha value is -1.38. The molecule has 0 aromatic heterocycles. The van der Waals surface area contributed by atoms with Crippen LogP contribution in [0.4, 0.5) is 11.4 Å². The first kappa shape index (κ1) is 28.2. The summed E-state index contributed by atoms with van der Waals surface area (Å²) >= 11 is 8.13. The zero-order valence-corrected chi connectivity index (χ0v) is 22.7. The monoisotopic (exact) mass is 563 g/mol. The van der Waals surface area contributed by atoms with Crippen molar-refractivity contribution in [1.82, 2.24) is 9.80 Å². The van der Waals surface area contributed by atoms with Gasteiger partial charge in [-0.3, -0.25) is 9.11 Å². The third-order valence-corrected chi connectivity index (χ3v) is 10.4. The molecule has 0 unspecified atom stereocenters. The molecule has 1 saturated heterocycles. The summed E-state index contributed by atoms with van der Waals surface area (Å²) < 4.78 is 53.9. The van der Waals surface area contributed by atoms with E-state index < -0.39 is 24.8 Å². The molecular formula is C22H30ClN3O6S3. The van der Waals surface area contributed by atoms with Gasteiger partial charge in [-0.15, -0.1) is 0 Å². The lowest BCUT2D eigenvalue weighted by Crippen LogP contribution is -2.45. The molecule has 0 aliphatic carbocycles. The average Bonchev–Trinajstić information content (AvgIpc) is 2.79. The molecule has 0 atom stereocenters. The van der Waals surface area contributed by atoms with E-state index >= 15 is 0 Å². The number of para-hydroxylation sites is 1. The normalized spacial score (nSPS) is 16.9. The lowest BCUT2D eigenvalue weighted by Gasteiger charge is -2.35. The Kier molecular flexibility index (Phi) is 9.49. The van der Waals surface area contributed by atoms with E-state index in [2.05, 4.69) is 58.1 Å². The highest BCUT2D eigenvalue weighted by Crippen LogP contribution is 2.48. The lowest BCUT2D eigenvalue weighted by molar-refractivity contribution is 0.153. The van der Waals surface area contributed by atoms with Crippen molar-refractivity contribution in [3.63, 3.8) is 0 Å². The van der Waals surface area contributed by atoms with Crippen molar-refractivity contribution in [2.75, 3.05) is 51.2 Å². The summed E-state index contributed by atoms with van der Waals surface area (Å²) in [6, 6.07) is 14.9. The molecule has 2 aliphatic heterocycles. The van der Waals surface area contributed by atoms with Gasteiger partial charge < -0.3 is 14.7 Å². The molecule has 9 nitrogen and oxygen atoms in total. The van der Waals surface area contributed by atoms with Gasteiger partial charge in [0, 0.05) is 47.5 Å². The minimum atomic E-state index is -4.70. The number of anilines is 2. The highest BCUT2D eigenvalue weighted by Gasteiger charge is 2.29. The van der Waals surface area contributed by atoms with E-state index in [4.69, 9.17) is 20.7 Å². The maximum absolute atomic E-state index is 9.99. The maximum Gasteiger partial charge on any atom is 0.284 e.